The predicted octanol–water partition coefficient (Wildman–Crippen LogP) is 0.738. The summed E-state index contributed by atoms with van der Waals surface area (Å²) in [6, 6.07) is 1.12. The van der Waals surface area contributed by atoms with Crippen molar-refractivity contribution in [1.82, 2.24) is 4.98 Å². The summed E-state index contributed by atoms with van der Waals surface area (Å²) in [6.07, 6.45) is 2.25. The van der Waals surface area contributed by atoms with Crippen LogP contribution in [0, 0.1) is 0 Å². The molecule has 68 valence electrons. The molecule has 13 heavy (non-hydrogen) atoms. The van der Waals surface area contributed by atoms with Crippen LogP contribution in [0.4, 0.5) is 5.69 Å². The number of carbonyl (C=O) groups excluding carboxylic acids is 1. The second kappa shape index (κ2) is 3.66. The number of nitrogens with zero attached hydrogens (tertiary/aromatic N) is 1. The van der Waals surface area contributed by atoms with Gasteiger partial charge in [-0.2, -0.15) is 0 Å². The van der Waals surface area contributed by atoms with Crippen LogP contribution in [0.15, 0.2) is 18.5 Å². The maximum atomic E-state index is 11.1. The number of hydrogen-bond donors (Lipinski definition) is 2. The second-order valence-electron chi connectivity index (χ2n) is 2.22. The summed E-state index contributed by atoms with van der Waals surface area (Å²) in [5, 5.41) is 10.7. The highest BCUT2D eigenvalue weighted by Gasteiger charge is 2.04. The molecule has 1 amide bonds. The van der Waals surface area contributed by atoms with Crippen molar-refractivity contribution in [2.45, 2.75) is 6.85 Å². The Kier molecular flexibility index (Phi) is 1.60. The highest BCUT2D eigenvalue weighted by atomic mass is 16.4. The average molecular weight is 183 g/mol. The van der Waals surface area contributed by atoms with Crippen LogP contribution < -0.4 is 5.32 Å². The first-order valence-electron chi connectivity index (χ1n) is 4.80. The van der Waals surface area contributed by atoms with E-state index in [0.717, 1.165) is 18.5 Å². The van der Waals surface area contributed by atoms with Crippen molar-refractivity contribution in [3.8, 4) is 0 Å². The van der Waals surface area contributed by atoms with Crippen LogP contribution >= 0.6 is 0 Å². The second-order valence-corrected chi connectivity index (χ2v) is 2.22. The van der Waals surface area contributed by atoms with Gasteiger partial charge in [0.1, 0.15) is 0 Å². The standard InChI is InChI=1S/C8H8N2O3/c1-5(11)10-7-2-6(8(12)13)3-9-4-7/h2-4H,1H3,(H,10,11)(H,12,13)/i1D3. The summed E-state index contributed by atoms with van der Waals surface area (Å²) in [4.78, 5) is 25.2. The van der Waals surface area contributed by atoms with E-state index < -0.39 is 18.7 Å². The lowest BCUT2D eigenvalue weighted by Gasteiger charge is -2.01. The largest absolute Gasteiger partial charge is 0.478 e. The van der Waals surface area contributed by atoms with Gasteiger partial charge in [-0.05, 0) is 6.07 Å². The third-order valence-electron chi connectivity index (χ3n) is 1.24. The summed E-state index contributed by atoms with van der Waals surface area (Å²) in [6.45, 7) is -2.78. The van der Waals surface area contributed by atoms with Crippen LogP contribution in [0.5, 0.6) is 0 Å². The van der Waals surface area contributed by atoms with E-state index in [1.807, 2.05) is 5.32 Å². The highest BCUT2D eigenvalue weighted by molar-refractivity contribution is 5.92. The Labute approximate surface area is 78.6 Å². The molecule has 2 N–H and O–H groups in total. The van der Waals surface area contributed by atoms with Crippen LogP contribution in [0.2, 0.25) is 0 Å². The van der Waals surface area contributed by atoms with Crippen molar-refractivity contribution in [1.29, 1.82) is 0 Å². The van der Waals surface area contributed by atoms with Gasteiger partial charge < -0.3 is 10.4 Å². The zero-order chi connectivity index (χ0) is 12.3. The molecular formula is C8H8N2O3. The lowest BCUT2D eigenvalue weighted by atomic mass is 10.2. The SMILES string of the molecule is [2H]C([2H])([2H])C(=O)Nc1cncc(C(=O)O)c1. The van der Waals surface area contributed by atoms with Gasteiger partial charge in [0, 0.05) is 17.2 Å². The van der Waals surface area contributed by atoms with Gasteiger partial charge in [-0.1, -0.05) is 0 Å². The quantitative estimate of drug-likeness (QED) is 0.708. The lowest BCUT2D eigenvalue weighted by molar-refractivity contribution is -0.114. The molecular weight excluding hydrogens is 172 g/mol. The number of aromatic nitrogens is 1. The Hall–Kier alpha value is -1.91. The first kappa shape index (κ1) is 5.69. The molecule has 1 heterocycles. The van der Waals surface area contributed by atoms with Gasteiger partial charge in [0.15, 0.2) is 0 Å². The maximum Gasteiger partial charge on any atom is 0.337 e. The molecule has 0 spiro atoms. The Balaban J connectivity index is 2.87. The molecule has 0 aliphatic carbocycles. The molecule has 0 bridgehead atoms. The molecule has 5 nitrogen and oxygen atoms in total. The molecule has 0 unspecified atom stereocenters. The van der Waals surface area contributed by atoms with E-state index in [1.165, 1.54) is 0 Å². The molecule has 0 aliphatic heterocycles. The molecule has 1 rings (SSSR count). The highest BCUT2D eigenvalue weighted by Crippen LogP contribution is 2.07. The van der Waals surface area contributed by atoms with E-state index in [4.69, 9.17) is 9.22 Å². The number of hydrogen-bond acceptors (Lipinski definition) is 3. The molecule has 0 fully saturated rings. The van der Waals surface area contributed by atoms with Crippen molar-refractivity contribution in [2.24, 2.45) is 0 Å². The summed E-state index contributed by atoms with van der Waals surface area (Å²) < 4.78 is 20.4. The molecule has 0 saturated heterocycles. The normalized spacial score (nSPS) is 13.7. The zero-order valence-electron chi connectivity index (χ0n) is 9.44. The van der Waals surface area contributed by atoms with E-state index in [0.29, 0.717) is 0 Å². The Morgan fingerprint density at radius 2 is 2.38 bits per heavy atom. The van der Waals surface area contributed by atoms with Crippen molar-refractivity contribution in [3.05, 3.63) is 24.0 Å². The molecule has 1 aromatic rings. The van der Waals surface area contributed by atoms with E-state index in [2.05, 4.69) is 4.98 Å². The van der Waals surface area contributed by atoms with Crippen LogP contribution in [-0.2, 0) is 4.79 Å². The predicted molar refractivity (Wildman–Crippen MR) is 45.5 cm³/mol. The van der Waals surface area contributed by atoms with Crippen LogP contribution in [0.3, 0.4) is 0 Å². The van der Waals surface area contributed by atoms with Crippen molar-refractivity contribution < 1.29 is 18.8 Å². The van der Waals surface area contributed by atoms with Crippen LogP contribution in [0.25, 0.3) is 0 Å². The number of carboxylic acid groups (broad SMARTS) is 1. The molecule has 1 aromatic heterocycles. The fourth-order valence-corrected chi connectivity index (χ4v) is 0.756. The van der Waals surface area contributed by atoms with E-state index in [9.17, 15) is 9.59 Å². The minimum Gasteiger partial charge on any atom is -0.478 e. The van der Waals surface area contributed by atoms with Crippen molar-refractivity contribution in [3.63, 3.8) is 0 Å². The fraction of sp³-hybridized carbons (Fsp3) is 0.125. The Morgan fingerprint density at radius 1 is 1.62 bits per heavy atom. The van der Waals surface area contributed by atoms with Gasteiger partial charge in [0.25, 0.3) is 0 Å². The number of rotatable bonds is 2. The molecule has 0 aliphatic rings. The van der Waals surface area contributed by atoms with E-state index in [-0.39, 0.29) is 11.3 Å². The first-order chi connectivity index (χ1) is 7.30. The van der Waals surface area contributed by atoms with E-state index in [1.54, 1.807) is 0 Å². The monoisotopic (exact) mass is 183 g/mol. The summed E-state index contributed by atoms with van der Waals surface area (Å²) >= 11 is 0. The van der Waals surface area contributed by atoms with Gasteiger partial charge in [0.05, 0.1) is 17.4 Å². The molecule has 5 heteroatoms. The molecule has 0 atom stereocenters. The van der Waals surface area contributed by atoms with Crippen molar-refractivity contribution in [2.75, 3.05) is 5.32 Å². The number of aromatic carboxylic acids is 1. The van der Waals surface area contributed by atoms with Crippen LogP contribution in [0.1, 0.15) is 21.3 Å². The van der Waals surface area contributed by atoms with Gasteiger partial charge in [-0.25, -0.2) is 4.79 Å². The number of anilines is 1. The number of carbonyl (C=O) groups is 2. The summed E-state index contributed by atoms with van der Waals surface area (Å²) in [5.41, 5.74) is -0.107. The Morgan fingerprint density at radius 3 is 3.00 bits per heavy atom. The topological polar surface area (TPSA) is 79.3 Å². The van der Waals surface area contributed by atoms with Gasteiger partial charge >= 0.3 is 5.97 Å². The van der Waals surface area contributed by atoms with E-state index >= 15 is 0 Å². The molecule has 0 saturated carbocycles. The number of carboxylic acids is 1. The zero-order valence-corrected chi connectivity index (χ0v) is 6.44. The minimum atomic E-state index is -2.78. The first-order valence-corrected chi connectivity index (χ1v) is 3.30. The number of nitrogens with one attached hydrogen (secondary N) is 1. The van der Waals surface area contributed by atoms with Crippen LogP contribution in [-0.4, -0.2) is 22.0 Å². The molecule has 0 radical (unpaired) electrons. The maximum absolute atomic E-state index is 11.1. The third-order valence-corrected chi connectivity index (χ3v) is 1.24. The summed E-state index contributed by atoms with van der Waals surface area (Å²) in [7, 11) is 0. The third kappa shape index (κ3) is 2.55. The van der Waals surface area contributed by atoms with Gasteiger partial charge in [0.2, 0.25) is 5.91 Å². The minimum absolute atomic E-state index is 0.0287. The average Bonchev–Trinajstić information content (AvgIpc) is 2.16. The van der Waals surface area contributed by atoms with Gasteiger partial charge in [-0.15, -0.1) is 0 Å². The Bertz CT molecular complexity index is 431. The fourth-order valence-electron chi connectivity index (χ4n) is 0.756. The van der Waals surface area contributed by atoms with Gasteiger partial charge in [-0.3, -0.25) is 9.78 Å². The summed E-state index contributed by atoms with van der Waals surface area (Å²) in [5.74, 6) is -2.39. The lowest BCUT2D eigenvalue weighted by Crippen LogP contribution is -2.07. The number of amides is 1. The number of pyridine rings is 1. The smallest absolute Gasteiger partial charge is 0.337 e. The van der Waals surface area contributed by atoms with Crippen molar-refractivity contribution >= 4 is 17.6 Å². The molecule has 0 aromatic carbocycles.